The maximum absolute atomic E-state index is 12.1. The molecule has 0 bridgehead atoms. The smallest absolute Gasteiger partial charge is 0.189 e. The highest BCUT2D eigenvalue weighted by atomic mass is 16.3. The molecule has 0 saturated carbocycles. The zero-order valence-corrected chi connectivity index (χ0v) is 10.6. The second kappa shape index (κ2) is 5.01. The van der Waals surface area contributed by atoms with Crippen LogP contribution < -0.4 is 0 Å². The Labute approximate surface area is 115 Å². The number of hydrogen-bond acceptors (Lipinski definition) is 3. The van der Waals surface area contributed by atoms with Gasteiger partial charge in [0.1, 0.15) is 11.6 Å². The van der Waals surface area contributed by atoms with E-state index in [0.717, 1.165) is 5.39 Å². The summed E-state index contributed by atoms with van der Waals surface area (Å²) in [6.45, 7) is 0. The molecule has 1 heterocycles. The molecule has 2 N–H and O–H groups in total. The van der Waals surface area contributed by atoms with Gasteiger partial charge in [0, 0.05) is 17.8 Å². The SMILES string of the molecule is O=C(C=Cc1ncc[nH]1)c1ccc2ccccc2c1O. The number of aromatic amines is 1. The molecule has 98 valence electrons. The summed E-state index contributed by atoms with van der Waals surface area (Å²) in [7, 11) is 0. The quantitative estimate of drug-likeness (QED) is 0.564. The Morgan fingerprint density at radius 3 is 2.85 bits per heavy atom. The molecule has 20 heavy (non-hydrogen) atoms. The highest BCUT2D eigenvalue weighted by Gasteiger charge is 2.11. The molecule has 3 aromatic rings. The highest BCUT2D eigenvalue weighted by molar-refractivity contribution is 6.11. The minimum atomic E-state index is -0.260. The van der Waals surface area contributed by atoms with Crippen molar-refractivity contribution >= 4 is 22.6 Å². The first kappa shape index (κ1) is 12.2. The van der Waals surface area contributed by atoms with Crippen molar-refractivity contribution < 1.29 is 9.90 Å². The highest BCUT2D eigenvalue weighted by Crippen LogP contribution is 2.29. The molecule has 0 aliphatic rings. The molecule has 0 fully saturated rings. The average Bonchev–Trinajstić information content (AvgIpc) is 2.99. The van der Waals surface area contributed by atoms with Crippen molar-refractivity contribution in [2.75, 3.05) is 0 Å². The van der Waals surface area contributed by atoms with Crippen molar-refractivity contribution in [1.29, 1.82) is 0 Å². The Bertz CT molecular complexity index is 789. The first-order valence-electron chi connectivity index (χ1n) is 6.18. The largest absolute Gasteiger partial charge is 0.507 e. The lowest BCUT2D eigenvalue weighted by Crippen LogP contribution is -1.95. The minimum absolute atomic E-state index is 0.0113. The van der Waals surface area contributed by atoms with Crippen LogP contribution in [0.5, 0.6) is 5.75 Å². The summed E-state index contributed by atoms with van der Waals surface area (Å²) in [5.74, 6) is 0.348. The van der Waals surface area contributed by atoms with Crippen LogP contribution in [-0.2, 0) is 0 Å². The van der Waals surface area contributed by atoms with Crippen LogP contribution in [0.1, 0.15) is 16.2 Å². The van der Waals surface area contributed by atoms with Gasteiger partial charge in [0.15, 0.2) is 5.78 Å². The van der Waals surface area contributed by atoms with Crippen LogP contribution in [0.3, 0.4) is 0 Å². The number of aromatic nitrogens is 2. The van der Waals surface area contributed by atoms with Crippen LogP contribution in [0.15, 0.2) is 54.9 Å². The molecule has 0 atom stereocenters. The number of imidazole rings is 1. The van der Waals surface area contributed by atoms with E-state index in [1.807, 2.05) is 24.3 Å². The first-order chi connectivity index (χ1) is 9.75. The van der Waals surface area contributed by atoms with Gasteiger partial charge >= 0.3 is 0 Å². The number of nitrogens with one attached hydrogen (secondary N) is 1. The molecule has 4 nitrogen and oxygen atoms in total. The third kappa shape index (κ3) is 2.19. The Morgan fingerprint density at radius 1 is 1.20 bits per heavy atom. The van der Waals surface area contributed by atoms with E-state index in [4.69, 9.17) is 0 Å². The number of nitrogens with zero attached hydrogens (tertiary/aromatic N) is 1. The number of H-pyrrole nitrogens is 1. The van der Waals surface area contributed by atoms with Crippen LogP contribution in [0.25, 0.3) is 16.8 Å². The summed E-state index contributed by atoms with van der Waals surface area (Å²) in [5, 5.41) is 11.8. The molecule has 3 rings (SSSR count). The predicted octanol–water partition coefficient (Wildman–Crippen LogP) is 3.16. The number of carbonyl (C=O) groups excluding carboxylic acids is 1. The molecular weight excluding hydrogens is 252 g/mol. The van der Waals surface area contributed by atoms with Crippen LogP contribution in [0.2, 0.25) is 0 Å². The van der Waals surface area contributed by atoms with Gasteiger partial charge in [0.2, 0.25) is 0 Å². The van der Waals surface area contributed by atoms with Crippen molar-refractivity contribution in [1.82, 2.24) is 9.97 Å². The molecule has 0 aliphatic carbocycles. The molecule has 1 aromatic heterocycles. The summed E-state index contributed by atoms with van der Waals surface area (Å²) >= 11 is 0. The number of phenolic OH excluding ortho intramolecular Hbond substituents is 1. The van der Waals surface area contributed by atoms with Gasteiger partial charge in [-0.2, -0.15) is 0 Å². The summed E-state index contributed by atoms with van der Waals surface area (Å²) in [6.07, 6.45) is 6.26. The topological polar surface area (TPSA) is 66.0 Å². The lowest BCUT2D eigenvalue weighted by atomic mass is 10.0. The van der Waals surface area contributed by atoms with Gasteiger partial charge in [-0.15, -0.1) is 0 Å². The number of benzene rings is 2. The van der Waals surface area contributed by atoms with Crippen molar-refractivity contribution in [3.05, 3.63) is 66.3 Å². The number of hydrogen-bond donors (Lipinski definition) is 2. The molecule has 4 heteroatoms. The fourth-order valence-corrected chi connectivity index (χ4v) is 2.07. The van der Waals surface area contributed by atoms with E-state index in [-0.39, 0.29) is 17.1 Å². The van der Waals surface area contributed by atoms with Gasteiger partial charge in [-0.3, -0.25) is 4.79 Å². The summed E-state index contributed by atoms with van der Waals surface area (Å²) in [5.41, 5.74) is 0.284. The molecule has 2 aromatic carbocycles. The van der Waals surface area contributed by atoms with Crippen LogP contribution in [-0.4, -0.2) is 20.9 Å². The van der Waals surface area contributed by atoms with Crippen LogP contribution in [0, 0.1) is 0 Å². The number of fused-ring (bicyclic) bond motifs is 1. The van der Waals surface area contributed by atoms with Crippen molar-refractivity contribution in [2.24, 2.45) is 0 Å². The summed E-state index contributed by atoms with van der Waals surface area (Å²) in [6, 6.07) is 10.9. The third-order valence-electron chi connectivity index (χ3n) is 3.08. The molecule has 0 saturated heterocycles. The summed E-state index contributed by atoms with van der Waals surface area (Å²) in [4.78, 5) is 19.0. The van der Waals surface area contributed by atoms with E-state index in [0.29, 0.717) is 11.2 Å². The Morgan fingerprint density at radius 2 is 2.05 bits per heavy atom. The van der Waals surface area contributed by atoms with E-state index in [1.165, 1.54) is 6.08 Å². The summed E-state index contributed by atoms with van der Waals surface area (Å²) < 4.78 is 0. The van der Waals surface area contributed by atoms with Crippen molar-refractivity contribution in [2.45, 2.75) is 0 Å². The maximum Gasteiger partial charge on any atom is 0.189 e. The molecule has 0 amide bonds. The van der Waals surface area contributed by atoms with Gasteiger partial charge in [0.25, 0.3) is 0 Å². The van der Waals surface area contributed by atoms with E-state index < -0.39 is 0 Å². The minimum Gasteiger partial charge on any atom is -0.507 e. The monoisotopic (exact) mass is 264 g/mol. The van der Waals surface area contributed by atoms with E-state index in [2.05, 4.69) is 9.97 Å². The van der Waals surface area contributed by atoms with Crippen molar-refractivity contribution in [3.63, 3.8) is 0 Å². The van der Waals surface area contributed by atoms with Crippen molar-refractivity contribution in [3.8, 4) is 5.75 Å². The molecule has 0 unspecified atom stereocenters. The van der Waals surface area contributed by atoms with Gasteiger partial charge in [-0.1, -0.05) is 30.3 Å². The van der Waals surface area contributed by atoms with Crippen LogP contribution >= 0.6 is 0 Å². The maximum atomic E-state index is 12.1. The Balaban J connectivity index is 1.98. The Kier molecular flexibility index (Phi) is 3.05. The van der Waals surface area contributed by atoms with Gasteiger partial charge in [-0.25, -0.2) is 4.98 Å². The van der Waals surface area contributed by atoms with Gasteiger partial charge in [0.05, 0.1) is 5.56 Å². The zero-order chi connectivity index (χ0) is 13.9. The van der Waals surface area contributed by atoms with E-state index >= 15 is 0 Å². The lowest BCUT2D eigenvalue weighted by molar-refractivity contribution is 0.104. The number of carbonyl (C=O) groups is 1. The molecule has 0 spiro atoms. The number of allylic oxidation sites excluding steroid dienone is 1. The second-order valence-corrected chi connectivity index (χ2v) is 4.35. The number of rotatable bonds is 3. The Hall–Kier alpha value is -2.88. The van der Waals surface area contributed by atoms with E-state index in [9.17, 15) is 9.90 Å². The number of ketones is 1. The first-order valence-corrected chi connectivity index (χ1v) is 6.18. The average molecular weight is 264 g/mol. The van der Waals surface area contributed by atoms with Crippen LogP contribution in [0.4, 0.5) is 0 Å². The fraction of sp³-hybridized carbons (Fsp3) is 0. The molecular formula is C16H12N2O2. The normalized spacial score (nSPS) is 11.2. The van der Waals surface area contributed by atoms with Gasteiger partial charge < -0.3 is 10.1 Å². The van der Waals surface area contributed by atoms with E-state index in [1.54, 1.807) is 30.6 Å². The third-order valence-corrected chi connectivity index (χ3v) is 3.08. The standard InChI is InChI=1S/C16H12N2O2/c19-14(7-8-15-17-9-10-18-15)13-6-5-11-3-1-2-4-12(11)16(13)20/h1-10,20H,(H,17,18). The predicted molar refractivity (Wildman–Crippen MR) is 77.6 cm³/mol. The second-order valence-electron chi connectivity index (χ2n) is 4.35. The lowest BCUT2D eigenvalue weighted by Gasteiger charge is -2.05. The number of aromatic hydroxyl groups is 1. The molecule has 0 aliphatic heterocycles. The zero-order valence-electron chi connectivity index (χ0n) is 10.6. The fourth-order valence-electron chi connectivity index (χ4n) is 2.07. The number of phenols is 1. The molecule has 0 radical (unpaired) electrons. The van der Waals surface area contributed by atoms with Gasteiger partial charge in [-0.05, 0) is 23.6 Å².